The summed E-state index contributed by atoms with van der Waals surface area (Å²) >= 11 is 7.34. The first-order chi connectivity index (χ1) is 19.7. The molecule has 218 valence electrons. The summed E-state index contributed by atoms with van der Waals surface area (Å²) in [6.07, 6.45) is 4.47. The number of nitrogens with zero attached hydrogens (tertiary/aromatic N) is 2. The molecule has 1 unspecified atom stereocenters. The SMILES string of the molecule is CCCCCOc1ccc(C2C(C(=O)OCC(C)C)=C(C)N=c3sc(=Cc4c(F)cccc4Cl)c(=O)n32)cc1OC. The van der Waals surface area contributed by atoms with Gasteiger partial charge in [-0.05, 0) is 55.2 Å². The van der Waals surface area contributed by atoms with E-state index in [0.29, 0.717) is 34.2 Å². The lowest BCUT2D eigenvalue weighted by molar-refractivity contribution is -0.140. The zero-order chi connectivity index (χ0) is 29.7. The summed E-state index contributed by atoms with van der Waals surface area (Å²) in [4.78, 5) is 32.3. The predicted molar refractivity (Wildman–Crippen MR) is 159 cm³/mol. The number of hydrogen-bond acceptors (Lipinski definition) is 7. The van der Waals surface area contributed by atoms with Crippen molar-refractivity contribution in [2.45, 2.75) is 53.0 Å². The summed E-state index contributed by atoms with van der Waals surface area (Å²) in [6.45, 7) is 8.49. The Morgan fingerprint density at radius 3 is 2.68 bits per heavy atom. The number of methoxy groups -OCH3 is 1. The fourth-order valence-corrected chi connectivity index (χ4v) is 5.75. The highest BCUT2D eigenvalue weighted by atomic mass is 35.5. The number of thiazole rings is 1. The molecule has 0 fully saturated rings. The summed E-state index contributed by atoms with van der Waals surface area (Å²) < 4.78 is 33.5. The van der Waals surface area contributed by atoms with Crippen molar-refractivity contribution in [3.05, 3.63) is 89.3 Å². The second-order valence-electron chi connectivity index (χ2n) is 10.2. The van der Waals surface area contributed by atoms with Crippen molar-refractivity contribution >= 4 is 35.0 Å². The quantitative estimate of drug-likeness (QED) is 0.205. The number of esters is 1. The maximum Gasteiger partial charge on any atom is 0.338 e. The largest absolute Gasteiger partial charge is 0.493 e. The summed E-state index contributed by atoms with van der Waals surface area (Å²) in [6, 6.07) is 8.83. The molecule has 0 N–H and O–H groups in total. The van der Waals surface area contributed by atoms with Gasteiger partial charge >= 0.3 is 5.97 Å². The second kappa shape index (κ2) is 13.5. The molecule has 2 heterocycles. The van der Waals surface area contributed by atoms with Gasteiger partial charge < -0.3 is 14.2 Å². The second-order valence-corrected chi connectivity index (χ2v) is 11.6. The monoisotopic (exact) mass is 600 g/mol. The molecule has 1 aliphatic rings. The Bertz CT molecular complexity index is 1620. The molecular weight excluding hydrogens is 567 g/mol. The first-order valence-corrected chi connectivity index (χ1v) is 14.8. The fourth-order valence-electron chi connectivity index (χ4n) is 4.51. The van der Waals surface area contributed by atoms with Crippen LogP contribution in [0.5, 0.6) is 11.5 Å². The number of aromatic nitrogens is 1. The van der Waals surface area contributed by atoms with Gasteiger partial charge in [-0.25, -0.2) is 14.2 Å². The predicted octanol–water partition coefficient (Wildman–Crippen LogP) is 5.80. The van der Waals surface area contributed by atoms with Crippen LogP contribution in [0.25, 0.3) is 6.08 Å². The van der Waals surface area contributed by atoms with Gasteiger partial charge in [0.15, 0.2) is 16.3 Å². The minimum absolute atomic E-state index is 0.106. The zero-order valence-corrected chi connectivity index (χ0v) is 25.4. The van der Waals surface area contributed by atoms with Gasteiger partial charge in [0.05, 0.1) is 47.2 Å². The topological polar surface area (TPSA) is 79.1 Å². The van der Waals surface area contributed by atoms with Crippen LogP contribution < -0.4 is 24.4 Å². The normalized spacial score (nSPS) is 15.1. The highest BCUT2D eigenvalue weighted by molar-refractivity contribution is 7.07. The van der Waals surface area contributed by atoms with E-state index in [0.717, 1.165) is 30.6 Å². The third-order valence-corrected chi connectivity index (χ3v) is 7.89. The molecule has 0 bridgehead atoms. The molecule has 1 atom stereocenters. The van der Waals surface area contributed by atoms with Crippen molar-refractivity contribution < 1.29 is 23.4 Å². The van der Waals surface area contributed by atoms with E-state index < -0.39 is 23.4 Å². The molecule has 10 heteroatoms. The number of carbonyl (C=O) groups excluding carboxylic acids is 1. The smallest absolute Gasteiger partial charge is 0.338 e. The van der Waals surface area contributed by atoms with Crippen LogP contribution >= 0.6 is 22.9 Å². The summed E-state index contributed by atoms with van der Waals surface area (Å²) in [5.41, 5.74) is 0.963. The molecule has 1 aliphatic heterocycles. The van der Waals surface area contributed by atoms with Gasteiger partial charge in [-0.15, -0.1) is 0 Å². The molecule has 4 rings (SSSR count). The Morgan fingerprint density at radius 1 is 1.22 bits per heavy atom. The Balaban J connectivity index is 1.87. The number of hydrogen-bond donors (Lipinski definition) is 0. The van der Waals surface area contributed by atoms with Gasteiger partial charge in [0.1, 0.15) is 5.82 Å². The lowest BCUT2D eigenvalue weighted by atomic mass is 9.95. The average molecular weight is 601 g/mol. The van der Waals surface area contributed by atoms with Crippen molar-refractivity contribution in [3.8, 4) is 11.5 Å². The van der Waals surface area contributed by atoms with Crippen LogP contribution in [-0.4, -0.2) is 30.9 Å². The number of halogens is 2. The third-order valence-electron chi connectivity index (χ3n) is 6.57. The van der Waals surface area contributed by atoms with Crippen LogP contribution in [0.2, 0.25) is 5.02 Å². The summed E-state index contributed by atoms with van der Waals surface area (Å²) in [7, 11) is 1.54. The van der Waals surface area contributed by atoms with E-state index >= 15 is 0 Å². The molecular formula is C31H34ClFN2O5S. The van der Waals surface area contributed by atoms with E-state index in [1.54, 1.807) is 32.2 Å². The molecule has 0 aliphatic carbocycles. The van der Waals surface area contributed by atoms with E-state index in [1.807, 2.05) is 19.9 Å². The number of unbranched alkanes of at least 4 members (excludes halogenated alkanes) is 2. The Hall–Kier alpha value is -3.43. The highest BCUT2D eigenvalue weighted by Gasteiger charge is 2.34. The van der Waals surface area contributed by atoms with Crippen LogP contribution in [0.15, 0.2) is 57.5 Å². The lowest BCUT2D eigenvalue weighted by Crippen LogP contribution is -2.40. The number of allylic oxidation sites excluding steroid dienone is 1. The summed E-state index contributed by atoms with van der Waals surface area (Å²) in [5, 5.41) is 0.181. The first-order valence-electron chi connectivity index (χ1n) is 13.6. The van der Waals surface area contributed by atoms with Crippen molar-refractivity contribution in [1.29, 1.82) is 0 Å². The van der Waals surface area contributed by atoms with Gasteiger partial charge in [0.25, 0.3) is 5.56 Å². The van der Waals surface area contributed by atoms with Gasteiger partial charge in [-0.2, -0.15) is 0 Å². The van der Waals surface area contributed by atoms with E-state index in [2.05, 4.69) is 11.9 Å². The van der Waals surface area contributed by atoms with Gasteiger partial charge in [-0.3, -0.25) is 9.36 Å². The van der Waals surface area contributed by atoms with Crippen molar-refractivity contribution in [2.24, 2.45) is 10.9 Å². The van der Waals surface area contributed by atoms with Crippen LogP contribution in [0.3, 0.4) is 0 Å². The summed E-state index contributed by atoms with van der Waals surface area (Å²) in [5.74, 6) is 0.0557. The highest BCUT2D eigenvalue weighted by Crippen LogP contribution is 2.36. The Morgan fingerprint density at radius 2 is 2.00 bits per heavy atom. The number of benzene rings is 2. The Kier molecular flexibility index (Phi) is 10.0. The Labute approximate surface area is 247 Å². The maximum absolute atomic E-state index is 14.6. The van der Waals surface area contributed by atoms with Crippen LogP contribution in [-0.2, 0) is 9.53 Å². The number of carbonyl (C=O) groups is 1. The van der Waals surface area contributed by atoms with Crippen molar-refractivity contribution in [3.63, 3.8) is 0 Å². The van der Waals surface area contributed by atoms with Crippen molar-refractivity contribution in [2.75, 3.05) is 20.3 Å². The fraction of sp³-hybridized carbons (Fsp3) is 0.387. The maximum atomic E-state index is 14.6. The lowest BCUT2D eigenvalue weighted by Gasteiger charge is -2.25. The minimum Gasteiger partial charge on any atom is -0.493 e. The molecule has 0 radical (unpaired) electrons. The van der Waals surface area contributed by atoms with E-state index in [4.69, 9.17) is 25.8 Å². The molecule has 7 nitrogen and oxygen atoms in total. The van der Waals surface area contributed by atoms with Gasteiger partial charge in [-0.1, -0.05) is 68.7 Å². The van der Waals surface area contributed by atoms with Crippen LogP contribution in [0, 0.1) is 11.7 Å². The minimum atomic E-state index is -0.854. The van der Waals surface area contributed by atoms with E-state index in [-0.39, 0.29) is 33.2 Å². The van der Waals surface area contributed by atoms with E-state index in [9.17, 15) is 14.0 Å². The van der Waals surface area contributed by atoms with Crippen LogP contribution in [0.4, 0.5) is 4.39 Å². The average Bonchev–Trinajstić information content (AvgIpc) is 3.25. The molecule has 0 saturated carbocycles. The van der Waals surface area contributed by atoms with Crippen molar-refractivity contribution in [1.82, 2.24) is 4.57 Å². The van der Waals surface area contributed by atoms with Gasteiger partial charge in [0.2, 0.25) is 0 Å². The van der Waals surface area contributed by atoms with Crippen LogP contribution in [0.1, 0.15) is 64.1 Å². The first kappa shape index (κ1) is 30.5. The molecule has 1 aromatic heterocycles. The molecule has 0 spiro atoms. The molecule has 0 amide bonds. The standard InChI is InChI=1S/C31H34ClFN2O5S/c1-6-7-8-14-39-24-13-12-20(15-25(24)38-5)28-27(30(37)40-17-18(2)3)19(4)34-31-35(28)29(36)26(41-31)16-21-22(32)10-9-11-23(21)33/h9-13,15-16,18,28H,6-8,14,17H2,1-5H3. The number of fused-ring (bicyclic) bond motifs is 1. The zero-order valence-electron chi connectivity index (χ0n) is 23.8. The third kappa shape index (κ3) is 6.73. The molecule has 3 aromatic rings. The van der Waals surface area contributed by atoms with Gasteiger partial charge in [0, 0.05) is 5.56 Å². The van der Waals surface area contributed by atoms with E-state index in [1.165, 1.54) is 22.8 Å². The molecule has 41 heavy (non-hydrogen) atoms. The number of rotatable bonds is 11. The molecule has 2 aromatic carbocycles. The number of ether oxygens (including phenoxy) is 3. The molecule has 0 saturated heterocycles.